The van der Waals surface area contributed by atoms with E-state index in [1.54, 1.807) is 28.4 Å². The first kappa shape index (κ1) is 27.0. The Labute approximate surface area is 213 Å². The number of benzene rings is 2. The van der Waals surface area contributed by atoms with E-state index in [1.807, 2.05) is 30.3 Å². The second kappa shape index (κ2) is 14.1. The van der Waals surface area contributed by atoms with Gasteiger partial charge in [0.1, 0.15) is 17.2 Å². The molecule has 0 bridgehead atoms. The van der Waals surface area contributed by atoms with Gasteiger partial charge in [0.25, 0.3) is 0 Å². The number of methoxy groups -OCH3 is 3. The van der Waals surface area contributed by atoms with Crippen LogP contribution < -0.4 is 24.8 Å². The first-order valence-electron chi connectivity index (χ1n) is 10.8. The van der Waals surface area contributed by atoms with Crippen LogP contribution in [0.5, 0.6) is 17.2 Å². The molecular weight excluding hydrogens is 535 g/mol. The molecule has 0 aromatic heterocycles. The van der Waals surface area contributed by atoms with Crippen molar-refractivity contribution in [3.63, 3.8) is 0 Å². The van der Waals surface area contributed by atoms with Gasteiger partial charge in [-0.1, -0.05) is 12.1 Å². The molecule has 1 fully saturated rings. The van der Waals surface area contributed by atoms with E-state index in [1.165, 1.54) is 5.56 Å². The van der Waals surface area contributed by atoms with Crippen molar-refractivity contribution >= 4 is 29.9 Å². The molecule has 1 aliphatic rings. The summed E-state index contributed by atoms with van der Waals surface area (Å²) in [6, 6.07) is 14.2. The van der Waals surface area contributed by atoms with E-state index in [0.717, 1.165) is 55.1 Å². The lowest BCUT2D eigenvalue weighted by atomic mass is 10.0. The maximum atomic E-state index is 5.56. The quantitative estimate of drug-likeness (QED) is 0.273. The van der Waals surface area contributed by atoms with Gasteiger partial charge in [-0.05, 0) is 29.8 Å². The molecule has 0 radical (unpaired) electrons. The van der Waals surface area contributed by atoms with Crippen LogP contribution in [0.25, 0.3) is 0 Å². The molecule has 9 heteroatoms. The van der Waals surface area contributed by atoms with Gasteiger partial charge in [-0.15, -0.1) is 24.0 Å². The van der Waals surface area contributed by atoms with Gasteiger partial charge in [0.15, 0.2) is 5.96 Å². The summed E-state index contributed by atoms with van der Waals surface area (Å²) in [6.07, 6.45) is 0. The Hall–Kier alpha value is -2.24. The van der Waals surface area contributed by atoms with E-state index in [9.17, 15) is 0 Å². The van der Waals surface area contributed by atoms with E-state index in [0.29, 0.717) is 13.1 Å². The standard InChI is InChI=1S/C24H34N4O4.HI/c1-25-24(26-16-19-7-10-21(30-3)15-23(19)31-4)27-17-22(28-11-13-32-14-12-28)18-5-8-20(29-2)9-6-18;/h5-10,15,22H,11-14,16-17H2,1-4H3,(H2,25,26,27);1H. The Kier molecular flexibility index (Phi) is 11.6. The maximum absolute atomic E-state index is 5.56. The zero-order valence-electron chi connectivity index (χ0n) is 19.8. The van der Waals surface area contributed by atoms with Crippen LogP contribution in [-0.2, 0) is 11.3 Å². The van der Waals surface area contributed by atoms with Gasteiger partial charge in [0.2, 0.25) is 0 Å². The number of aliphatic imine (C=N–C) groups is 1. The predicted octanol–water partition coefficient (Wildman–Crippen LogP) is 3.07. The highest BCUT2D eigenvalue weighted by molar-refractivity contribution is 14.0. The third-order valence-corrected chi connectivity index (χ3v) is 5.61. The molecule has 2 aromatic carbocycles. The molecule has 8 nitrogen and oxygen atoms in total. The molecule has 2 N–H and O–H groups in total. The van der Waals surface area contributed by atoms with Crippen molar-refractivity contribution in [3.05, 3.63) is 53.6 Å². The van der Waals surface area contributed by atoms with E-state index < -0.39 is 0 Å². The van der Waals surface area contributed by atoms with Crippen molar-refractivity contribution in [1.82, 2.24) is 15.5 Å². The Morgan fingerprint density at radius 2 is 1.64 bits per heavy atom. The molecule has 33 heavy (non-hydrogen) atoms. The number of morpholine rings is 1. The van der Waals surface area contributed by atoms with Crippen LogP contribution in [0.4, 0.5) is 0 Å². The Morgan fingerprint density at radius 3 is 2.24 bits per heavy atom. The van der Waals surface area contributed by atoms with Crippen LogP contribution in [-0.4, -0.2) is 72.1 Å². The molecule has 1 saturated heterocycles. The lowest BCUT2D eigenvalue weighted by Crippen LogP contribution is -2.46. The molecular formula is C24H35IN4O4. The molecule has 0 aliphatic carbocycles. The number of nitrogens with zero attached hydrogens (tertiary/aromatic N) is 2. The van der Waals surface area contributed by atoms with Crippen LogP contribution in [0.3, 0.4) is 0 Å². The van der Waals surface area contributed by atoms with Crippen LogP contribution >= 0.6 is 24.0 Å². The van der Waals surface area contributed by atoms with Gasteiger partial charge in [-0.3, -0.25) is 9.89 Å². The summed E-state index contributed by atoms with van der Waals surface area (Å²) < 4.78 is 21.7. The number of halogens is 1. The van der Waals surface area contributed by atoms with Gasteiger partial charge in [-0.2, -0.15) is 0 Å². The Morgan fingerprint density at radius 1 is 0.970 bits per heavy atom. The van der Waals surface area contributed by atoms with Gasteiger partial charge in [-0.25, -0.2) is 0 Å². The fourth-order valence-electron chi connectivity index (χ4n) is 3.76. The van der Waals surface area contributed by atoms with Crippen molar-refractivity contribution in [3.8, 4) is 17.2 Å². The molecule has 0 spiro atoms. The Bertz CT molecular complexity index is 873. The third-order valence-electron chi connectivity index (χ3n) is 5.61. The minimum absolute atomic E-state index is 0. The highest BCUT2D eigenvalue weighted by Crippen LogP contribution is 2.25. The summed E-state index contributed by atoms with van der Waals surface area (Å²) in [6.45, 7) is 4.58. The van der Waals surface area contributed by atoms with E-state index >= 15 is 0 Å². The number of nitrogens with one attached hydrogen (secondary N) is 2. The zero-order valence-corrected chi connectivity index (χ0v) is 22.1. The molecule has 0 saturated carbocycles. The normalized spacial score (nSPS) is 15.2. The van der Waals surface area contributed by atoms with Crippen molar-refractivity contribution in [1.29, 1.82) is 0 Å². The van der Waals surface area contributed by atoms with Crippen molar-refractivity contribution in [2.45, 2.75) is 12.6 Å². The molecule has 1 atom stereocenters. The Balaban J connectivity index is 0.00000385. The summed E-state index contributed by atoms with van der Waals surface area (Å²) in [5, 5.41) is 6.86. The first-order valence-corrected chi connectivity index (χ1v) is 10.8. The average Bonchev–Trinajstić information content (AvgIpc) is 2.86. The van der Waals surface area contributed by atoms with Gasteiger partial charge < -0.3 is 29.6 Å². The molecule has 1 unspecified atom stereocenters. The van der Waals surface area contributed by atoms with Crippen LogP contribution in [0, 0.1) is 0 Å². The number of ether oxygens (including phenoxy) is 4. The summed E-state index contributed by atoms with van der Waals surface area (Å²) >= 11 is 0. The van der Waals surface area contributed by atoms with Crippen molar-refractivity contribution in [2.24, 2.45) is 4.99 Å². The third kappa shape index (κ3) is 7.65. The summed E-state index contributed by atoms with van der Waals surface area (Å²) in [4.78, 5) is 6.84. The van der Waals surface area contributed by atoms with E-state index in [-0.39, 0.29) is 30.0 Å². The lowest BCUT2D eigenvalue weighted by Gasteiger charge is -2.35. The van der Waals surface area contributed by atoms with E-state index in [4.69, 9.17) is 18.9 Å². The number of guanidine groups is 1. The molecule has 2 aromatic rings. The largest absolute Gasteiger partial charge is 0.497 e. The van der Waals surface area contributed by atoms with Gasteiger partial charge in [0.05, 0.1) is 40.6 Å². The second-order valence-corrected chi connectivity index (χ2v) is 7.42. The van der Waals surface area contributed by atoms with Crippen LogP contribution in [0.15, 0.2) is 47.5 Å². The second-order valence-electron chi connectivity index (χ2n) is 7.42. The molecule has 182 valence electrons. The smallest absolute Gasteiger partial charge is 0.191 e. The number of hydrogen-bond acceptors (Lipinski definition) is 6. The fraction of sp³-hybridized carbons (Fsp3) is 0.458. The van der Waals surface area contributed by atoms with E-state index in [2.05, 4.69) is 32.7 Å². The summed E-state index contributed by atoms with van der Waals surface area (Å²) in [5.41, 5.74) is 2.25. The highest BCUT2D eigenvalue weighted by atomic mass is 127. The first-order chi connectivity index (χ1) is 15.7. The highest BCUT2D eigenvalue weighted by Gasteiger charge is 2.23. The lowest BCUT2D eigenvalue weighted by molar-refractivity contribution is 0.0170. The monoisotopic (exact) mass is 570 g/mol. The molecule has 0 amide bonds. The molecule has 1 aliphatic heterocycles. The van der Waals surface area contributed by atoms with Crippen LogP contribution in [0.1, 0.15) is 17.2 Å². The van der Waals surface area contributed by atoms with Crippen molar-refractivity contribution in [2.75, 3.05) is 61.2 Å². The minimum atomic E-state index is 0. The molecule has 1 heterocycles. The fourth-order valence-corrected chi connectivity index (χ4v) is 3.76. The average molecular weight is 570 g/mol. The summed E-state index contributed by atoms with van der Waals surface area (Å²) in [5.74, 6) is 3.13. The number of rotatable bonds is 9. The zero-order chi connectivity index (χ0) is 22.8. The maximum Gasteiger partial charge on any atom is 0.191 e. The summed E-state index contributed by atoms with van der Waals surface area (Å²) in [7, 11) is 6.76. The SMILES string of the molecule is CN=C(NCc1ccc(OC)cc1OC)NCC(c1ccc(OC)cc1)N1CCOCC1.I. The van der Waals surface area contributed by atoms with Gasteiger partial charge in [0, 0.05) is 44.9 Å². The number of hydrogen-bond donors (Lipinski definition) is 2. The van der Waals surface area contributed by atoms with Crippen LogP contribution in [0.2, 0.25) is 0 Å². The molecule has 3 rings (SSSR count). The van der Waals surface area contributed by atoms with Crippen molar-refractivity contribution < 1.29 is 18.9 Å². The predicted molar refractivity (Wildman–Crippen MR) is 141 cm³/mol. The topological polar surface area (TPSA) is 76.6 Å². The minimum Gasteiger partial charge on any atom is -0.497 e. The van der Waals surface area contributed by atoms with Gasteiger partial charge >= 0.3 is 0 Å².